The summed E-state index contributed by atoms with van der Waals surface area (Å²) in [6, 6.07) is 3.64. The second-order valence-electron chi connectivity index (χ2n) is 5.51. The van der Waals surface area contributed by atoms with Crippen LogP contribution in [0.15, 0.2) is 33.9 Å². The van der Waals surface area contributed by atoms with E-state index >= 15 is 0 Å². The first kappa shape index (κ1) is 19.2. The minimum atomic E-state index is -3.34. The summed E-state index contributed by atoms with van der Waals surface area (Å²) in [4.78, 5) is 13.2. The van der Waals surface area contributed by atoms with E-state index in [1.165, 1.54) is 34.9 Å². The van der Waals surface area contributed by atoms with Gasteiger partial charge in [0.2, 0.25) is 10.0 Å². The smallest absolute Gasteiger partial charge is 0.229 e. The summed E-state index contributed by atoms with van der Waals surface area (Å²) in [6.07, 6.45) is 4.83. The number of nitrogens with one attached hydrogen (secondary N) is 1. The van der Waals surface area contributed by atoms with Crippen molar-refractivity contribution in [3.8, 4) is 0 Å². The highest BCUT2D eigenvalue weighted by molar-refractivity contribution is 7.99. The van der Waals surface area contributed by atoms with Crippen molar-refractivity contribution in [3.05, 3.63) is 29.4 Å². The Morgan fingerprint density at radius 2 is 2.08 bits per heavy atom. The number of nitrogen functional groups attached to an aromatic ring is 1. The molecule has 0 fully saturated rings. The number of sulfonamides is 1. The van der Waals surface area contributed by atoms with Crippen molar-refractivity contribution in [2.45, 2.75) is 22.4 Å². The fourth-order valence-corrected chi connectivity index (χ4v) is 5.08. The van der Waals surface area contributed by atoms with Gasteiger partial charge in [-0.05, 0) is 19.2 Å². The van der Waals surface area contributed by atoms with Crippen molar-refractivity contribution in [3.63, 3.8) is 0 Å². The highest BCUT2D eigenvalue weighted by atomic mass is 32.2. The third-order valence-electron chi connectivity index (χ3n) is 3.39. The van der Waals surface area contributed by atoms with E-state index in [9.17, 15) is 8.42 Å². The van der Waals surface area contributed by atoms with Crippen molar-refractivity contribution in [1.82, 2.24) is 15.0 Å². The zero-order chi connectivity index (χ0) is 18.9. The van der Waals surface area contributed by atoms with Crippen LogP contribution in [0.3, 0.4) is 0 Å². The van der Waals surface area contributed by atoms with E-state index in [2.05, 4.69) is 19.7 Å². The van der Waals surface area contributed by atoms with Gasteiger partial charge in [-0.3, -0.25) is 9.71 Å². The summed E-state index contributed by atoms with van der Waals surface area (Å²) in [5.41, 5.74) is 7.21. The topological polar surface area (TPSA) is 111 Å². The fourth-order valence-electron chi connectivity index (χ4n) is 2.25. The van der Waals surface area contributed by atoms with Gasteiger partial charge in [0, 0.05) is 23.0 Å². The molecule has 0 saturated heterocycles. The Balaban J connectivity index is 1.90. The van der Waals surface area contributed by atoms with Crippen molar-refractivity contribution in [2.75, 3.05) is 23.0 Å². The Morgan fingerprint density at radius 3 is 2.77 bits per heavy atom. The molecular weight excluding hydrogens is 410 g/mol. The Morgan fingerprint density at radius 1 is 1.31 bits per heavy atom. The number of thioether (sulfide) groups is 2. The number of fused-ring (bicyclic) bond motifs is 1. The molecule has 11 heteroatoms. The van der Waals surface area contributed by atoms with Crippen LogP contribution in [0.5, 0.6) is 0 Å². The second kappa shape index (κ2) is 7.59. The predicted octanol–water partition coefficient (Wildman–Crippen LogP) is 3.62. The molecule has 3 aromatic rings. The van der Waals surface area contributed by atoms with E-state index in [0.29, 0.717) is 16.7 Å². The standard InChI is InChI=1S/C15H17N5O2S4/c1-8(25-15-18-13(16)5-14(19-15)23-2)10-4-9-11(20-26(3,21)22)7-24-12(9)6-17-10/h4-8,20H,1-3H3,(H2,16,18,19). The molecule has 0 spiro atoms. The monoisotopic (exact) mass is 427 g/mol. The molecule has 3 heterocycles. The van der Waals surface area contributed by atoms with Gasteiger partial charge in [0.1, 0.15) is 10.8 Å². The zero-order valence-corrected chi connectivity index (χ0v) is 17.5. The first-order valence-electron chi connectivity index (χ1n) is 7.45. The van der Waals surface area contributed by atoms with E-state index in [0.717, 1.165) is 27.1 Å². The van der Waals surface area contributed by atoms with Gasteiger partial charge in [0.25, 0.3) is 0 Å². The molecule has 3 rings (SSSR count). The van der Waals surface area contributed by atoms with Crippen LogP contribution >= 0.6 is 34.9 Å². The predicted molar refractivity (Wildman–Crippen MR) is 111 cm³/mol. The molecule has 26 heavy (non-hydrogen) atoms. The molecule has 0 saturated carbocycles. The van der Waals surface area contributed by atoms with Gasteiger partial charge in [-0.1, -0.05) is 11.8 Å². The number of nitrogens with two attached hydrogens (primary N) is 1. The maximum absolute atomic E-state index is 11.5. The summed E-state index contributed by atoms with van der Waals surface area (Å²) >= 11 is 4.41. The van der Waals surface area contributed by atoms with Crippen LogP contribution in [0.4, 0.5) is 11.5 Å². The lowest BCUT2D eigenvalue weighted by Gasteiger charge is -2.11. The molecule has 0 aliphatic heterocycles. The van der Waals surface area contributed by atoms with Gasteiger partial charge in [0.15, 0.2) is 5.16 Å². The average Bonchev–Trinajstić information content (AvgIpc) is 2.94. The zero-order valence-electron chi connectivity index (χ0n) is 14.3. The minimum absolute atomic E-state index is 0.0260. The Hall–Kier alpha value is -1.56. The molecule has 0 aliphatic rings. The Kier molecular flexibility index (Phi) is 5.61. The molecule has 3 N–H and O–H groups in total. The number of pyridine rings is 1. The summed E-state index contributed by atoms with van der Waals surface area (Å²) < 4.78 is 26.5. The van der Waals surface area contributed by atoms with E-state index in [4.69, 9.17) is 5.73 Å². The number of thiophene rings is 1. The fraction of sp³-hybridized carbons (Fsp3) is 0.267. The summed E-state index contributed by atoms with van der Waals surface area (Å²) in [5, 5.41) is 3.98. The van der Waals surface area contributed by atoms with Crippen molar-refractivity contribution >= 4 is 66.5 Å². The quantitative estimate of drug-likeness (QED) is 0.349. The lowest BCUT2D eigenvalue weighted by atomic mass is 10.2. The SMILES string of the molecule is CSc1cc(N)nc(SC(C)c2cc3c(NS(C)(=O)=O)csc3cn2)n1. The second-order valence-corrected chi connectivity index (χ2v) is 10.3. The van der Waals surface area contributed by atoms with Crippen molar-refractivity contribution in [2.24, 2.45) is 0 Å². The average molecular weight is 428 g/mol. The normalized spacial score (nSPS) is 13.0. The van der Waals surface area contributed by atoms with E-state index < -0.39 is 10.0 Å². The maximum atomic E-state index is 11.5. The molecule has 1 unspecified atom stereocenters. The van der Waals surface area contributed by atoms with Crippen LogP contribution in [0.25, 0.3) is 10.1 Å². The van der Waals surface area contributed by atoms with Gasteiger partial charge in [-0.25, -0.2) is 18.4 Å². The third-order valence-corrected chi connectivity index (χ3v) is 6.53. The molecule has 0 aliphatic carbocycles. The Bertz CT molecular complexity index is 1050. The van der Waals surface area contributed by atoms with Crippen LogP contribution in [-0.4, -0.2) is 35.9 Å². The number of rotatable bonds is 6. The van der Waals surface area contributed by atoms with E-state index in [1.54, 1.807) is 17.6 Å². The first-order chi connectivity index (χ1) is 12.2. The molecule has 1 atom stereocenters. The number of nitrogens with zero attached hydrogens (tertiary/aromatic N) is 3. The van der Waals surface area contributed by atoms with Crippen LogP contribution in [0.1, 0.15) is 17.9 Å². The summed E-state index contributed by atoms with van der Waals surface area (Å²) in [7, 11) is -3.34. The molecule has 3 aromatic heterocycles. The van der Waals surface area contributed by atoms with Crippen LogP contribution in [0, 0.1) is 0 Å². The molecule has 0 bridgehead atoms. The van der Waals surface area contributed by atoms with Crippen LogP contribution < -0.4 is 10.5 Å². The molecular formula is C15H17N5O2S4. The van der Waals surface area contributed by atoms with Gasteiger partial charge in [-0.15, -0.1) is 23.1 Å². The number of aromatic nitrogens is 3. The number of hydrogen-bond donors (Lipinski definition) is 2. The van der Waals surface area contributed by atoms with Gasteiger partial charge in [0.05, 0.1) is 27.6 Å². The molecule has 138 valence electrons. The van der Waals surface area contributed by atoms with E-state index in [1.807, 2.05) is 19.2 Å². The highest BCUT2D eigenvalue weighted by Gasteiger charge is 2.15. The minimum Gasteiger partial charge on any atom is -0.384 e. The maximum Gasteiger partial charge on any atom is 0.229 e. The lowest BCUT2D eigenvalue weighted by Crippen LogP contribution is -2.09. The van der Waals surface area contributed by atoms with Crippen molar-refractivity contribution < 1.29 is 8.42 Å². The largest absolute Gasteiger partial charge is 0.384 e. The third kappa shape index (κ3) is 4.58. The number of hydrogen-bond acceptors (Lipinski definition) is 9. The molecule has 0 radical (unpaired) electrons. The molecule has 0 amide bonds. The summed E-state index contributed by atoms with van der Waals surface area (Å²) in [5.74, 6) is 0.430. The first-order valence-corrected chi connectivity index (χ1v) is 12.3. The van der Waals surface area contributed by atoms with Crippen LogP contribution in [-0.2, 0) is 10.0 Å². The van der Waals surface area contributed by atoms with Gasteiger partial charge < -0.3 is 5.73 Å². The molecule has 7 nitrogen and oxygen atoms in total. The van der Waals surface area contributed by atoms with E-state index in [-0.39, 0.29) is 5.25 Å². The van der Waals surface area contributed by atoms with Gasteiger partial charge >= 0.3 is 0 Å². The molecule has 0 aromatic carbocycles. The highest BCUT2D eigenvalue weighted by Crippen LogP contribution is 2.37. The van der Waals surface area contributed by atoms with Crippen LogP contribution in [0.2, 0.25) is 0 Å². The lowest BCUT2D eigenvalue weighted by molar-refractivity contribution is 0.607. The van der Waals surface area contributed by atoms with Gasteiger partial charge in [-0.2, -0.15) is 0 Å². The summed E-state index contributed by atoms with van der Waals surface area (Å²) in [6.45, 7) is 2.00. The van der Waals surface area contributed by atoms with Crippen molar-refractivity contribution in [1.29, 1.82) is 0 Å². The Labute approximate surface area is 164 Å². The number of anilines is 2.